The summed E-state index contributed by atoms with van der Waals surface area (Å²) in [5.74, 6) is 0. The van der Waals surface area contributed by atoms with Gasteiger partial charge < -0.3 is 14.6 Å². The Bertz CT molecular complexity index is 634. The van der Waals surface area contributed by atoms with Crippen molar-refractivity contribution in [3.63, 3.8) is 0 Å². The Labute approximate surface area is 172 Å². The van der Waals surface area contributed by atoms with Crippen molar-refractivity contribution >= 4 is 0 Å². The van der Waals surface area contributed by atoms with E-state index < -0.39 is 0 Å². The molecule has 0 aromatic rings. The van der Waals surface area contributed by atoms with Crippen molar-refractivity contribution in [2.24, 2.45) is 5.41 Å². The number of ether oxygens (including phenoxy) is 2. The minimum absolute atomic E-state index is 0.0373. The second kappa shape index (κ2) is 10.0. The zero-order chi connectivity index (χ0) is 20.8. The van der Waals surface area contributed by atoms with E-state index in [9.17, 15) is 5.11 Å². The van der Waals surface area contributed by atoms with Crippen LogP contribution in [0, 0.1) is 5.41 Å². The van der Waals surface area contributed by atoms with Gasteiger partial charge in [0.15, 0.2) is 0 Å². The monoisotopic (exact) mass is 388 g/mol. The van der Waals surface area contributed by atoms with Gasteiger partial charge in [0.05, 0.1) is 19.3 Å². The van der Waals surface area contributed by atoms with Crippen LogP contribution < -0.4 is 0 Å². The van der Waals surface area contributed by atoms with Crippen LogP contribution in [-0.2, 0) is 9.47 Å². The average Bonchev–Trinajstić information content (AvgIpc) is 3.28. The lowest BCUT2D eigenvalue weighted by molar-refractivity contribution is 0.0490. The van der Waals surface area contributed by atoms with Crippen molar-refractivity contribution in [2.75, 3.05) is 13.2 Å². The quantitative estimate of drug-likeness (QED) is 0.436. The molecular formula is C25H40O3. The maximum Gasteiger partial charge on any atom is 0.122 e. The Morgan fingerprint density at radius 2 is 1.93 bits per heavy atom. The highest BCUT2D eigenvalue weighted by molar-refractivity contribution is 5.18. The Kier molecular flexibility index (Phi) is 8.30. The van der Waals surface area contributed by atoms with Crippen LogP contribution in [0.1, 0.15) is 73.6 Å². The van der Waals surface area contributed by atoms with Crippen molar-refractivity contribution in [3.8, 4) is 0 Å². The molecule has 2 rings (SSSR count). The number of hydrogen-bond acceptors (Lipinski definition) is 3. The maximum absolute atomic E-state index is 9.78. The summed E-state index contributed by atoms with van der Waals surface area (Å²) in [6.45, 7) is 13.7. The van der Waals surface area contributed by atoms with E-state index in [1.54, 1.807) is 0 Å². The van der Waals surface area contributed by atoms with Crippen LogP contribution in [0.15, 0.2) is 47.1 Å². The number of allylic oxidation sites excluding steroid dienone is 5. The van der Waals surface area contributed by atoms with Gasteiger partial charge in [0, 0.05) is 0 Å². The van der Waals surface area contributed by atoms with Crippen molar-refractivity contribution in [1.29, 1.82) is 0 Å². The van der Waals surface area contributed by atoms with E-state index in [1.807, 2.05) is 0 Å². The van der Waals surface area contributed by atoms with Gasteiger partial charge in [-0.25, -0.2) is 0 Å². The summed E-state index contributed by atoms with van der Waals surface area (Å²) in [6, 6.07) is 0. The number of epoxide rings is 1. The predicted octanol–water partition coefficient (Wildman–Crippen LogP) is 5.91. The third-order valence-corrected chi connectivity index (χ3v) is 6.04. The molecule has 1 N–H and O–H groups in total. The second-order valence-electron chi connectivity index (χ2n) is 9.42. The molecule has 0 spiro atoms. The highest BCUT2D eigenvalue weighted by Gasteiger charge is 2.57. The minimum atomic E-state index is -0.266. The minimum Gasteiger partial charge on any atom is -0.392 e. The van der Waals surface area contributed by atoms with Crippen molar-refractivity contribution in [2.45, 2.75) is 91.5 Å². The summed E-state index contributed by atoms with van der Waals surface area (Å²) < 4.78 is 12.4. The zero-order valence-corrected chi connectivity index (χ0v) is 18.8. The van der Waals surface area contributed by atoms with Gasteiger partial charge in [-0.3, -0.25) is 0 Å². The summed E-state index contributed by atoms with van der Waals surface area (Å²) in [6.07, 6.45) is 16.3. The number of fused-ring (bicyclic) bond motifs is 1. The van der Waals surface area contributed by atoms with E-state index in [-0.39, 0.29) is 29.8 Å². The summed E-state index contributed by atoms with van der Waals surface area (Å²) in [7, 11) is 0. The molecule has 0 bridgehead atoms. The van der Waals surface area contributed by atoms with E-state index in [2.05, 4.69) is 71.9 Å². The van der Waals surface area contributed by atoms with Crippen molar-refractivity contribution in [1.82, 2.24) is 0 Å². The molecule has 2 aliphatic rings. The standard InChI is InChI=1S/C25H40O3/c1-19(2)8-7-14-24(5)15-11-21(18-26)9-10-23-25(6,28-23)22(12-16-24)27-17-13-20(3)4/h8,11-13,16,22-23,26H,7,9-10,14-15,17-18H2,1-6H3/b16-12+,21-11+/t22-,23-,24+,25+/m1/s1. The van der Waals surface area contributed by atoms with Crippen LogP contribution in [0.25, 0.3) is 0 Å². The number of aliphatic hydroxyl groups excluding tert-OH is 1. The smallest absolute Gasteiger partial charge is 0.122 e. The predicted molar refractivity (Wildman–Crippen MR) is 117 cm³/mol. The molecule has 0 unspecified atom stereocenters. The van der Waals surface area contributed by atoms with E-state index in [4.69, 9.17) is 9.47 Å². The summed E-state index contributed by atoms with van der Waals surface area (Å²) in [4.78, 5) is 0. The molecule has 0 saturated carbocycles. The first kappa shape index (κ1) is 23.1. The Hall–Kier alpha value is -1.16. The van der Waals surface area contributed by atoms with Gasteiger partial charge in [-0.15, -0.1) is 0 Å². The normalized spacial score (nSPS) is 35.6. The number of hydrogen-bond donors (Lipinski definition) is 1. The van der Waals surface area contributed by atoms with Crippen molar-refractivity contribution in [3.05, 3.63) is 47.1 Å². The summed E-state index contributed by atoms with van der Waals surface area (Å²) >= 11 is 0. The molecule has 1 aliphatic heterocycles. The van der Waals surface area contributed by atoms with Crippen LogP contribution in [0.2, 0.25) is 0 Å². The van der Waals surface area contributed by atoms with E-state index in [1.165, 1.54) is 11.1 Å². The van der Waals surface area contributed by atoms with E-state index in [0.29, 0.717) is 6.61 Å². The van der Waals surface area contributed by atoms with Gasteiger partial charge in [-0.05, 0) is 77.7 Å². The molecule has 3 nitrogen and oxygen atoms in total. The highest BCUT2D eigenvalue weighted by Crippen LogP contribution is 2.45. The molecule has 1 aliphatic carbocycles. The lowest BCUT2D eigenvalue weighted by atomic mass is 9.80. The lowest BCUT2D eigenvalue weighted by Crippen LogP contribution is -2.31. The number of aliphatic hydroxyl groups is 1. The van der Waals surface area contributed by atoms with E-state index >= 15 is 0 Å². The molecule has 0 radical (unpaired) electrons. The summed E-state index contributed by atoms with van der Waals surface area (Å²) in [5.41, 5.74) is 3.53. The van der Waals surface area contributed by atoms with Gasteiger partial charge >= 0.3 is 0 Å². The van der Waals surface area contributed by atoms with Crippen molar-refractivity contribution < 1.29 is 14.6 Å². The Morgan fingerprint density at radius 3 is 2.57 bits per heavy atom. The molecular weight excluding hydrogens is 348 g/mol. The molecule has 0 aromatic carbocycles. The third kappa shape index (κ3) is 6.72. The van der Waals surface area contributed by atoms with Crippen LogP contribution >= 0.6 is 0 Å². The first-order valence-electron chi connectivity index (χ1n) is 10.7. The van der Waals surface area contributed by atoms with Gasteiger partial charge in [-0.1, -0.05) is 48.5 Å². The van der Waals surface area contributed by atoms with Gasteiger partial charge in [0.25, 0.3) is 0 Å². The van der Waals surface area contributed by atoms with Crippen LogP contribution in [0.3, 0.4) is 0 Å². The Morgan fingerprint density at radius 1 is 1.21 bits per heavy atom. The molecule has 0 aromatic heterocycles. The molecule has 4 atom stereocenters. The van der Waals surface area contributed by atoms with Crippen LogP contribution in [-0.4, -0.2) is 36.1 Å². The third-order valence-electron chi connectivity index (χ3n) is 6.04. The second-order valence-corrected chi connectivity index (χ2v) is 9.42. The molecule has 1 heterocycles. The number of rotatable bonds is 7. The average molecular weight is 389 g/mol. The van der Waals surface area contributed by atoms with Gasteiger partial charge in [0.1, 0.15) is 11.7 Å². The van der Waals surface area contributed by atoms with Crippen LogP contribution in [0.5, 0.6) is 0 Å². The van der Waals surface area contributed by atoms with Gasteiger partial charge in [0.2, 0.25) is 0 Å². The molecule has 3 heteroatoms. The fourth-order valence-electron chi connectivity index (χ4n) is 3.80. The van der Waals surface area contributed by atoms with Gasteiger partial charge in [-0.2, -0.15) is 0 Å². The zero-order valence-electron chi connectivity index (χ0n) is 18.8. The highest BCUT2D eigenvalue weighted by atomic mass is 16.6. The molecule has 1 saturated heterocycles. The Balaban J connectivity index is 2.24. The van der Waals surface area contributed by atoms with E-state index in [0.717, 1.165) is 37.7 Å². The largest absolute Gasteiger partial charge is 0.392 e. The first-order chi connectivity index (χ1) is 13.2. The topological polar surface area (TPSA) is 42.0 Å². The fraction of sp³-hybridized carbons (Fsp3) is 0.680. The molecule has 1 fully saturated rings. The fourth-order valence-corrected chi connectivity index (χ4v) is 3.80. The first-order valence-corrected chi connectivity index (χ1v) is 10.7. The lowest BCUT2D eigenvalue weighted by Gasteiger charge is -2.26. The van der Waals surface area contributed by atoms with Crippen LogP contribution in [0.4, 0.5) is 0 Å². The summed E-state index contributed by atoms with van der Waals surface area (Å²) in [5, 5.41) is 9.78. The molecule has 28 heavy (non-hydrogen) atoms. The SMILES string of the molecule is CC(C)=CCC[C@]1(C)/C=C/[C@@H](OCC=C(C)C)[C@]2(C)O[C@@H]2CC/C(CO)=C\C1. The molecule has 158 valence electrons. The maximum atomic E-state index is 9.78. The molecule has 0 amide bonds.